The monoisotopic (exact) mass is 365 g/mol. The van der Waals surface area contributed by atoms with Crippen LogP contribution in [0, 0.1) is 13.8 Å². The molecule has 2 aromatic carbocycles. The Morgan fingerprint density at radius 2 is 1.85 bits per heavy atom. The van der Waals surface area contributed by atoms with Gasteiger partial charge in [-0.3, -0.25) is 14.5 Å². The molecule has 1 aliphatic heterocycles. The predicted molar refractivity (Wildman–Crippen MR) is 102 cm³/mol. The van der Waals surface area contributed by atoms with E-state index in [0.29, 0.717) is 17.7 Å². The summed E-state index contributed by atoms with van der Waals surface area (Å²) in [5, 5.41) is 2.50. The second kappa shape index (κ2) is 7.61. The number of imide groups is 1. The van der Waals surface area contributed by atoms with Crippen molar-refractivity contribution in [3.05, 3.63) is 70.3 Å². The Morgan fingerprint density at radius 1 is 1.11 bits per heavy atom. The Balaban J connectivity index is 1.80. The first-order valence-electron chi connectivity index (χ1n) is 8.84. The molecular weight excluding hydrogens is 342 g/mol. The quantitative estimate of drug-likeness (QED) is 0.828. The van der Waals surface area contributed by atoms with Crippen molar-refractivity contribution in [3.8, 4) is 0 Å². The number of hydrogen-bond donors (Lipinski definition) is 1. The van der Waals surface area contributed by atoms with Crippen molar-refractivity contribution in [2.24, 2.45) is 0 Å². The van der Waals surface area contributed by atoms with Gasteiger partial charge in [0.15, 0.2) is 0 Å². The maximum atomic E-state index is 13.0. The molecule has 0 unspecified atom stereocenters. The molecule has 6 heteroatoms. The van der Waals surface area contributed by atoms with Gasteiger partial charge in [0.05, 0.1) is 13.1 Å². The molecular formula is C21H23N3O3. The number of nitrogens with zero attached hydrogens (tertiary/aromatic N) is 2. The fourth-order valence-electron chi connectivity index (χ4n) is 3.21. The largest absolute Gasteiger partial charge is 0.337 e. The SMILES string of the molecule is Cc1ccc(CN(C)C(=O)c2ccccc2CN2C(=O)CNC2=O)c(C)c1. The Bertz CT molecular complexity index is 891. The van der Waals surface area contributed by atoms with Crippen LogP contribution in [0.3, 0.4) is 0 Å². The van der Waals surface area contributed by atoms with Crippen molar-refractivity contribution in [2.75, 3.05) is 13.6 Å². The Hall–Kier alpha value is -3.15. The van der Waals surface area contributed by atoms with Crippen molar-refractivity contribution in [1.82, 2.24) is 15.1 Å². The summed E-state index contributed by atoms with van der Waals surface area (Å²) >= 11 is 0. The molecule has 0 bridgehead atoms. The van der Waals surface area contributed by atoms with Crippen LogP contribution in [0.25, 0.3) is 0 Å². The lowest BCUT2D eigenvalue weighted by Crippen LogP contribution is -2.32. The molecule has 0 aromatic heterocycles. The number of carbonyl (C=O) groups excluding carboxylic acids is 3. The van der Waals surface area contributed by atoms with Gasteiger partial charge in [-0.25, -0.2) is 4.79 Å². The van der Waals surface area contributed by atoms with Gasteiger partial charge < -0.3 is 10.2 Å². The van der Waals surface area contributed by atoms with Crippen LogP contribution in [0.5, 0.6) is 0 Å². The second-order valence-electron chi connectivity index (χ2n) is 6.89. The predicted octanol–water partition coefficient (Wildman–Crippen LogP) is 2.63. The third-order valence-corrected chi connectivity index (χ3v) is 4.77. The zero-order chi connectivity index (χ0) is 19.6. The lowest BCUT2D eigenvalue weighted by molar-refractivity contribution is -0.125. The molecule has 1 N–H and O–H groups in total. The van der Waals surface area contributed by atoms with Crippen LogP contribution in [0.15, 0.2) is 42.5 Å². The zero-order valence-electron chi connectivity index (χ0n) is 15.8. The van der Waals surface area contributed by atoms with Gasteiger partial charge in [0.25, 0.3) is 5.91 Å². The maximum absolute atomic E-state index is 13.0. The Labute approximate surface area is 158 Å². The van der Waals surface area contributed by atoms with Crippen molar-refractivity contribution < 1.29 is 14.4 Å². The van der Waals surface area contributed by atoms with Crippen molar-refractivity contribution in [3.63, 3.8) is 0 Å². The average molecular weight is 365 g/mol. The summed E-state index contributed by atoms with van der Waals surface area (Å²) in [4.78, 5) is 39.5. The highest BCUT2D eigenvalue weighted by molar-refractivity contribution is 6.02. The molecule has 1 heterocycles. The average Bonchev–Trinajstić information content (AvgIpc) is 2.96. The standard InChI is InChI=1S/C21H23N3O3/c1-14-8-9-16(15(2)10-14)12-23(3)20(26)18-7-5-4-6-17(18)13-24-19(25)11-22-21(24)27/h4-10H,11-13H2,1-3H3,(H,22,27). The first kappa shape index (κ1) is 18.6. The summed E-state index contributed by atoms with van der Waals surface area (Å²) in [5.41, 5.74) is 4.56. The van der Waals surface area contributed by atoms with Gasteiger partial charge in [0.2, 0.25) is 5.91 Å². The number of benzene rings is 2. The van der Waals surface area contributed by atoms with Crippen molar-refractivity contribution in [2.45, 2.75) is 26.9 Å². The summed E-state index contributed by atoms with van der Waals surface area (Å²) in [6.45, 7) is 4.65. The number of carbonyl (C=O) groups is 3. The number of hydrogen-bond acceptors (Lipinski definition) is 3. The molecule has 1 fully saturated rings. The molecule has 4 amide bonds. The molecule has 0 atom stereocenters. The van der Waals surface area contributed by atoms with Crippen LogP contribution in [0.1, 0.15) is 32.6 Å². The van der Waals surface area contributed by atoms with E-state index in [1.54, 1.807) is 36.2 Å². The second-order valence-corrected chi connectivity index (χ2v) is 6.89. The molecule has 27 heavy (non-hydrogen) atoms. The van der Waals surface area contributed by atoms with Gasteiger partial charge in [-0.1, -0.05) is 42.0 Å². The van der Waals surface area contributed by atoms with Crippen LogP contribution in [-0.2, 0) is 17.9 Å². The molecule has 1 aliphatic rings. The van der Waals surface area contributed by atoms with Gasteiger partial charge in [-0.15, -0.1) is 0 Å². The van der Waals surface area contributed by atoms with E-state index in [9.17, 15) is 14.4 Å². The minimum Gasteiger partial charge on any atom is -0.337 e. The first-order valence-corrected chi connectivity index (χ1v) is 8.84. The van der Waals surface area contributed by atoms with E-state index in [-0.39, 0.29) is 24.9 Å². The molecule has 3 rings (SSSR count). The molecule has 0 aliphatic carbocycles. The fraction of sp³-hybridized carbons (Fsp3) is 0.286. The van der Waals surface area contributed by atoms with Crippen LogP contribution in [-0.4, -0.2) is 41.2 Å². The Kier molecular flexibility index (Phi) is 5.26. The minimum absolute atomic E-state index is 0.00154. The van der Waals surface area contributed by atoms with Crippen molar-refractivity contribution in [1.29, 1.82) is 0 Å². The maximum Gasteiger partial charge on any atom is 0.324 e. The molecule has 0 spiro atoms. The number of urea groups is 1. The summed E-state index contributed by atoms with van der Waals surface area (Å²) < 4.78 is 0. The number of aryl methyl sites for hydroxylation is 2. The Morgan fingerprint density at radius 3 is 2.52 bits per heavy atom. The van der Waals surface area contributed by atoms with E-state index in [0.717, 1.165) is 16.0 Å². The van der Waals surface area contributed by atoms with E-state index in [1.165, 1.54) is 5.56 Å². The summed E-state index contributed by atoms with van der Waals surface area (Å²) in [6.07, 6.45) is 0. The van der Waals surface area contributed by atoms with Crippen LogP contribution >= 0.6 is 0 Å². The van der Waals surface area contributed by atoms with Crippen LogP contribution < -0.4 is 5.32 Å². The highest BCUT2D eigenvalue weighted by atomic mass is 16.2. The summed E-state index contributed by atoms with van der Waals surface area (Å²) in [7, 11) is 1.76. The lowest BCUT2D eigenvalue weighted by Gasteiger charge is -2.21. The molecule has 140 valence electrons. The molecule has 6 nitrogen and oxygen atoms in total. The normalized spacial score (nSPS) is 13.7. The third-order valence-electron chi connectivity index (χ3n) is 4.77. The summed E-state index contributed by atoms with van der Waals surface area (Å²) in [6, 6.07) is 12.8. The molecule has 0 radical (unpaired) electrons. The minimum atomic E-state index is -0.425. The summed E-state index contributed by atoms with van der Waals surface area (Å²) in [5.74, 6) is -0.427. The smallest absolute Gasteiger partial charge is 0.324 e. The molecule has 1 saturated heterocycles. The fourth-order valence-corrected chi connectivity index (χ4v) is 3.21. The van der Waals surface area contributed by atoms with E-state index < -0.39 is 6.03 Å². The van der Waals surface area contributed by atoms with Gasteiger partial charge >= 0.3 is 6.03 Å². The molecule has 0 saturated carbocycles. The lowest BCUT2D eigenvalue weighted by atomic mass is 10.0. The number of nitrogens with one attached hydrogen (secondary N) is 1. The highest BCUT2D eigenvalue weighted by Crippen LogP contribution is 2.18. The van der Waals surface area contributed by atoms with Crippen LogP contribution in [0.2, 0.25) is 0 Å². The van der Waals surface area contributed by atoms with Crippen LogP contribution in [0.4, 0.5) is 4.79 Å². The van der Waals surface area contributed by atoms with Gasteiger partial charge in [-0.2, -0.15) is 0 Å². The topological polar surface area (TPSA) is 69.7 Å². The number of rotatable bonds is 5. The van der Waals surface area contributed by atoms with Crippen molar-refractivity contribution >= 4 is 17.8 Å². The van der Waals surface area contributed by atoms with Gasteiger partial charge in [-0.05, 0) is 36.6 Å². The third kappa shape index (κ3) is 4.00. The van der Waals surface area contributed by atoms with Gasteiger partial charge in [0, 0.05) is 19.2 Å². The van der Waals surface area contributed by atoms with E-state index in [4.69, 9.17) is 0 Å². The first-order chi connectivity index (χ1) is 12.9. The zero-order valence-corrected chi connectivity index (χ0v) is 15.8. The highest BCUT2D eigenvalue weighted by Gasteiger charge is 2.29. The van der Waals surface area contributed by atoms with E-state index in [1.807, 2.05) is 26.0 Å². The number of amides is 4. The molecule has 2 aromatic rings. The van der Waals surface area contributed by atoms with Gasteiger partial charge in [0.1, 0.15) is 0 Å². The van der Waals surface area contributed by atoms with E-state index >= 15 is 0 Å². The van der Waals surface area contributed by atoms with E-state index in [2.05, 4.69) is 11.4 Å².